The molecule has 1 atom stereocenters. The molecule has 0 saturated carbocycles. The molecule has 0 spiro atoms. The van der Waals surface area contributed by atoms with Gasteiger partial charge in [-0.2, -0.15) is 13.2 Å². The van der Waals surface area contributed by atoms with Crippen LogP contribution in [0, 0.1) is 11.7 Å². The Bertz CT molecular complexity index is 1330. The summed E-state index contributed by atoms with van der Waals surface area (Å²) in [6, 6.07) is 14.9. The first-order valence-electron chi connectivity index (χ1n) is 11.0. The quantitative estimate of drug-likeness (QED) is 0.423. The van der Waals surface area contributed by atoms with E-state index in [1.165, 1.54) is 48.5 Å². The molecule has 1 fully saturated rings. The van der Waals surface area contributed by atoms with Crippen molar-refractivity contribution in [2.45, 2.75) is 23.9 Å². The predicted octanol–water partition coefficient (Wildman–Crippen LogP) is 5.62. The van der Waals surface area contributed by atoms with Gasteiger partial charge in [-0.15, -0.1) is 0 Å². The largest absolute Gasteiger partial charge is 0.416 e. The van der Waals surface area contributed by atoms with E-state index in [1.54, 1.807) is 11.0 Å². The fourth-order valence-electron chi connectivity index (χ4n) is 4.33. The molecule has 1 unspecified atom stereocenters. The maximum absolute atomic E-state index is 13.5. The maximum atomic E-state index is 13.5. The van der Waals surface area contributed by atoms with E-state index in [2.05, 4.69) is 0 Å². The van der Waals surface area contributed by atoms with Gasteiger partial charge in [0.25, 0.3) is 5.91 Å². The Hall–Kier alpha value is -3.20. The molecule has 4 rings (SSSR count). The van der Waals surface area contributed by atoms with Crippen LogP contribution in [-0.2, 0) is 22.4 Å². The molecule has 184 valence electrons. The van der Waals surface area contributed by atoms with Gasteiger partial charge in [-0.1, -0.05) is 30.3 Å². The summed E-state index contributed by atoms with van der Waals surface area (Å²) in [6.45, 7) is 0.835. The van der Waals surface area contributed by atoms with Crippen LogP contribution in [0.15, 0.2) is 71.6 Å². The first-order chi connectivity index (χ1) is 16.4. The van der Waals surface area contributed by atoms with Gasteiger partial charge in [0, 0.05) is 24.9 Å². The number of carbonyl (C=O) groups excluding carboxylic acids is 1. The van der Waals surface area contributed by atoms with Gasteiger partial charge in [-0.3, -0.25) is 4.79 Å². The van der Waals surface area contributed by atoms with Gasteiger partial charge in [0.1, 0.15) is 5.82 Å². The second-order valence-electron chi connectivity index (χ2n) is 8.79. The minimum absolute atomic E-state index is 0.00668. The van der Waals surface area contributed by atoms with E-state index in [9.17, 15) is 30.8 Å². The zero-order valence-electron chi connectivity index (χ0n) is 18.8. The highest BCUT2D eigenvalue weighted by atomic mass is 32.2. The van der Waals surface area contributed by atoms with Gasteiger partial charge in [0.2, 0.25) is 0 Å². The van der Waals surface area contributed by atoms with Crippen LogP contribution in [-0.4, -0.2) is 38.6 Å². The van der Waals surface area contributed by atoms with Crippen LogP contribution in [0.25, 0.3) is 11.1 Å². The molecular formula is C26H23F4NO3S. The van der Waals surface area contributed by atoms with Gasteiger partial charge in [-0.05, 0) is 71.8 Å². The second kappa shape index (κ2) is 9.45. The minimum Gasteiger partial charge on any atom is -0.338 e. The molecule has 0 radical (unpaired) electrons. The highest BCUT2D eigenvalue weighted by Gasteiger charge is 2.31. The smallest absolute Gasteiger partial charge is 0.338 e. The van der Waals surface area contributed by atoms with Gasteiger partial charge >= 0.3 is 6.18 Å². The van der Waals surface area contributed by atoms with Crippen LogP contribution < -0.4 is 0 Å². The van der Waals surface area contributed by atoms with Crippen molar-refractivity contribution < 1.29 is 30.8 Å². The van der Waals surface area contributed by atoms with Crippen molar-refractivity contribution in [1.29, 1.82) is 0 Å². The first-order valence-corrected chi connectivity index (χ1v) is 12.9. The Morgan fingerprint density at radius 2 is 1.66 bits per heavy atom. The summed E-state index contributed by atoms with van der Waals surface area (Å²) in [5, 5.41) is 0. The molecule has 1 heterocycles. The van der Waals surface area contributed by atoms with Crippen molar-refractivity contribution in [2.24, 2.45) is 5.92 Å². The zero-order valence-corrected chi connectivity index (χ0v) is 19.7. The number of hydrogen-bond acceptors (Lipinski definition) is 3. The molecule has 4 nitrogen and oxygen atoms in total. The number of alkyl halides is 3. The zero-order chi connectivity index (χ0) is 25.4. The predicted molar refractivity (Wildman–Crippen MR) is 124 cm³/mol. The molecule has 0 aliphatic carbocycles. The Morgan fingerprint density at radius 1 is 1.00 bits per heavy atom. The Balaban J connectivity index is 1.56. The number of likely N-dealkylation sites (tertiary alicyclic amines) is 1. The van der Waals surface area contributed by atoms with E-state index in [1.807, 2.05) is 0 Å². The van der Waals surface area contributed by atoms with Crippen molar-refractivity contribution in [3.8, 4) is 11.1 Å². The van der Waals surface area contributed by atoms with Gasteiger partial charge in [0.15, 0.2) is 9.84 Å². The standard InChI is InChI=1S/C26H23F4NO3S/c1-35(33,34)22-10-11-23(19-4-8-21(27)9-5-19)24(15-22)25(32)31-13-12-18(16-31)14-17-2-6-20(7-3-17)26(28,29)30/h2-11,15,18H,12-14,16H2,1H3. The van der Waals surface area contributed by atoms with Crippen LogP contribution in [0.4, 0.5) is 17.6 Å². The molecule has 3 aromatic rings. The molecule has 9 heteroatoms. The normalized spacial score (nSPS) is 16.5. The second-order valence-corrected chi connectivity index (χ2v) is 10.8. The topological polar surface area (TPSA) is 54.5 Å². The lowest BCUT2D eigenvalue weighted by atomic mass is 9.97. The summed E-state index contributed by atoms with van der Waals surface area (Å²) < 4.78 is 76.1. The lowest BCUT2D eigenvalue weighted by Crippen LogP contribution is -2.29. The summed E-state index contributed by atoms with van der Waals surface area (Å²) in [4.78, 5) is 15.1. The van der Waals surface area contributed by atoms with E-state index in [0.717, 1.165) is 24.0 Å². The van der Waals surface area contributed by atoms with Crippen LogP contribution >= 0.6 is 0 Å². The molecule has 3 aromatic carbocycles. The van der Waals surface area contributed by atoms with Crippen molar-refractivity contribution in [3.05, 3.63) is 89.2 Å². The van der Waals surface area contributed by atoms with Crippen LogP contribution in [0.5, 0.6) is 0 Å². The Labute approximate surface area is 201 Å². The summed E-state index contributed by atoms with van der Waals surface area (Å²) in [5.41, 5.74) is 1.32. The lowest BCUT2D eigenvalue weighted by Gasteiger charge is -2.20. The van der Waals surface area contributed by atoms with Crippen LogP contribution in [0.3, 0.4) is 0 Å². The molecule has 1 saturated heterocycles. The number of amides is 1. The third kappa shape index (κ3) is 5.73. The average molecular weight is 506 g/mol. The first kappa shape index (κ1) is 24.9. The fourth-order valence-corrected chi connectivity index (χ4v) is 4.98. The highest BCUT2D eigenvalue weighted by molar-refractivity contribution is 7.90. The van der Waals surface area contributed by atoms with Gasteiger partial charge in [0.05, 0.1) is 10.5 Å². The molecule has 1 amide bonds. The number of rotatable bonds is 5. The molecular weight excluding hydrogens is 482 g/mol. The van der Waals surface area contributed by atoms with Crippen LogP contribution in [0.2, 0.25) is 0 Å². The molecule has 0 aromatic heterocycles. The maximum Gasteiger partial charge on any atom is 0.416 e. The summed E-state index contributed by atoms with van der Waals surface area (Å²) >= 11 is 0. The van der Waals surface area contributed by atoms with Crippen molar-refractivity contribution >= 4 is 15.7 Å². The van der Waals surface area contributed by atoms with Gasteiger partial charge < -0.3 is 4.90 Å². The minimum atomic E-state index is -4.39. The van der Waals surface area contributed by atoms with Crippen molar-refractivity contribution in [2.75, 3.05) is 19.3 Å². The number of hydrogen-bond donors (Lipinski definition) is 0. The summed E-state index contributed by atoms with van der Waals surface area (Å²) in [6.07, 6.45) is -2.14. The molecule has 1 aliphatic heterocycles. The molecule has 35 heavy (non-hydrogen) atoms. The average Bonchev–Trinajstić information content (AvgIpc) is 3.26. The fraction of sp³-hybridized carbons (Fsp3) is 0.269. The Morgan fingerprint density at radius 3 is 2.26 bits per heavy atom. The summed E-state index contributed by atoms with van der Waals surface area (Å²) in [5.74, 6) is -0.715. The number of benzene rings is 3. The number of halogens is 4. The Kier molecular flexibility index (Phi) is 6.73. The third-order valence-electron chi connectivity index (χ3n) is 6.18. The van der Waals surface area contributed by atoms with E-state index in [-0.39, 0.29) is 22.3 Å². The number of carbonyl (C=O) groups is 1. The highest BCUT2D eigenvalue weighted by Crippen LogP contribution is 2.32. The van der Waals surface area contributed by atoms with E-state index >= 15 is 0 Å². The third-order valence-corrected chi connectivity index (χ3v) is 7.29. The van der Waals surface area contributed by atoms with Crippen molar-refractivity contribution in [3.63, 3.8) is 0 Å². The number of sulfone groups is 1. The van der Waals surface area contributed by atoms with Gasteiger partial charge in [-0.25, -0.2) is 12.8 Å². The summed E-state index contributed by atoms with van der Waals surface area (Å²) in [7, 11) is -3.56. The molecule has 0 N–H and O–H groups in total. The molecule has 1 aliphatic rings. The monoisotopic (exact) mass is 505 g/mol. The van der Waals surface area contributed by atoms with E-state index in [4.69, 9.17) is 0 Å². The van der Waals surface area contributed by atoms with Crippen LogP contribution in [0.1, 0.15) is 27.9 Å². The SMILES string of the molecule is CS(=O)(=O)c1ccc(-c2ccc(F)cc2)c(C(=O)N2CCC(Cc3ccc(C(F)(F)F)cc3)C2)c1. The number of nitrogens with zero attached hydrogens (tertiary/aromatic N) is 1. The van der Waals surface area contributed by atoms with Crippen molar-refractivity contribution in [1.82, 2.24) is 4.90 Å². The van der Waals surface area contributed by atoms with E-state index in [0.29, 0.717) is 37.1 Å². The van der Waals surface area contributed by atoms with E-state index < -0.39 is 27.4 Å². The lowest BCUT2D eigenvalue weighted by molar-refractivity contribution is -0.137. The molecule has 0 bridgehead atoms.